The van der Waals surface area contributed by atoms with Gasteiger partial charge in [0, 0.05) is 13.5 Å². The van der Waals surface area contributed by atoms with E-state index < -0.39 is 5.97 Å². The number of esters is 1. The van der Waals surface area contributed by atoms with Gasteiger partial charge in [0.1, 0.15) is 18.1 Å². The smallest absolute Gasteiger partial charge is 0.338 e. The summed E-state index contributed by atoms with van der Waals surface area (Å²) in [6.07, 6.45) is 0. The van der Waals surface area contributed by atoms with Crippen molar-refractivity contribution in [3.05, 3.63) is 64.4 Å². The Labute approximate surface area is 154 Å². The van der Waals surface area contributed by atoms with E-state index in [2.05, 4.69) is 10.3 Å². The van der Waals surface area contributed by atoms with Gasteiger partial charge >= 0.3 is 5.97 Å². The maximum Gasteiger partial charge on any atom is 0.338 e. The number of carbonyl (C=O) groups excluding carboxylic acids is 2. The van der Waals surface area contributed by atoms with Gasteiger partial charge in [0.15, 0.2) is 0 Å². The Balaban J connectivity index is 1.59. The molecule has 1 amide bonds. The zero-order chi connectivity index (χ0) is 18.5. The third-order valence-electron chi connectivity index (χ3n) is 3.70. The molecule has 26 heavy (non-hydrogen) atoms. The van der Waals surface area contributed by atoms with E-state index in [9.17, 15) is 9.59 Å². The SMILES string of the molecule is CC(=O)NCc1ccc(C(=O)OCc2nc(-c3cccs3)oc2C)cc1. The molecule has 0 saturated carbocycles. The molecule has 0 spiro atoms. The van der Waals surface area contributed by atoms with E-state index in [1.54, 1.807) is 31.2 Å². The minimum absolute atomic E-state index is 0.0488. The van der Waals surface area contributed by atoms with Gasteiger partial charge in [-0.3, -0.25) is 4.79 Å². The number of benzene rings is 1. The van der Waals surface area contributed by atoms with E-state index in [1.165, 1.54) is 18.3 Å². The van der Waals surface area contributed by atoms with Crippen molar-refractivity contribution in [2.24, 2.45) is 0 Å². The van der Waals surface area contributed by atoms with Crippen molar-refractivity contribution >= 4 is 23.2 Å². The van der Waals surface area contributed by atoms with Crippen LogP contribution in [0.15, 0.2) is 46.2 Å². The third-order valence-corrected chi connectivity index (χ3v) is 4.55. The molecule has 0 radical (unpaired) electrons. The van der Waals surface area contributed by atoms with Gasteiger partial charge in [0.2, 0.25) is 11.8 Å². The number of oxazole rings is 1. The van der Waals surface area contributed by atoms with Gasteiger partial charge in [-0.1, -0.05) is 18.2 Å². The molecule has 0 saturated heterocycles. The highest BCUT2D eigenvalue weighted by Gasteiger charge is 2.15. The number of aromatic nitrogens is 1. The van der Waals surface area contributed by atoms with Crippen molar-refractivity contribution in [2.45, 2.75) is 27.0 Å². The molecule has 0 aliphatic carbocycles. The van der Waals surface area contributed by atoms with E-state index in [0.717, 1.165) is 10.4 Å². The van der Waals surface area contributed by atoms with Crippen molar-refractivity contribution in [3.8, 4) is 10.8 Å². The first-order valence-electron chi connectivity index (χ1n) is 8.03. The summed E-state index contributed by atoms with van der Waals surface area (Å²) in [6, 6.07) is 10.8. The van der Waals surface area contributed by atoms with Crippen LogP contribution in [0.1, 0.15) is 34.3 Å². The molecule has 6 nitrogen and oxygen atoms in total. The molecule has 1 N–H and O–H groups in total. The zero-order valence-electron chi connectivity index (χ0n) is 14.4. The fourth-order valence-electron chi connectivity index (χ4n) is 2.27. The molecule has 0 atom stereocenters. The average molecular weight is 370 g/mol. The first-order valence-corrected chi connectivity index (χ1v) is 8.91. The Hall–Kier alpha value is -2.93. The van der Waals surface area contributed by atoms with Crippen molar-refractivity contribution in [1.29, 1.82) is 0 Å². The Morgan fingerprint density at radius 3 is 2.65 bits per heavy atom. The highest BCUT2D eigenvalue weighted by molar-refractivity contribution is 7.13. The maximum absolute atomic E-state index is 12.2. The summed E-state index contributed by atoms with van der Waals surface area (Å²) >= 11 is 1.54. The highest BCUT2D eigenvalue weighted by Crippen LogP contribution is 2.26. The molecule has 0 fully saturated rings. The molecule has 0 aliphatic heterocycles. The molecule has 2 aromatic heterocycles. The Kier molecular flexibility index (Phi) is 5.48. The minimum atomic E-state index is -0.434. The second kappa shape index (κ2) is 7.97. The molecule has 2 heterocycles. The number of aryl methyl sites for hydroxylation is 1. The van der Waals surface area contributed by atoms with Gasteiger partial charge in [-0.25, -0.2) is 9.78 Å². The molecule has 134 valence electrons. The van der Waals surface area contributed by atoms with E-state index in [1.807, 2.05) is 17.5 Å². The number of thiophene rings is 1. The number of carbonyl (C=O) groups is 2. The summed E-state index contributed by atoms with van der Waals surface area (Å²) in [5.74, 6) is 0.632. The third kappa shape index (κ3) is 4.37. The average Bonchev–Trinajstić information content (AvgIpc) is 3.28. The lowest BCUT2D eigenvalue weighted by molar-refractivity contribution is -0.119. The largest absolute Gasteiger partial charge is 0.455 e. The van der Waals surface area contributed by atoms with Crippen LogP contribution in [0.2, 0.25) is 0 Å². The lowest BCUT2D eigenvalue weighted by Gasteiger charge is -2.05. The number of nitrogens with one attached hydrogen (secondary N) is 1. The number of nitrogens with zero attached hydrogens (tertiary/aromatic N) is 1. The lowest BCUT2D eigenvalue weighted by Crippen LogP contribution is -2.18. The summed E-state index contributed by atoms with van der Waals surface area (Å²) in [6.45, 7) is 3.73. The number of hydrogen-bond donors (Lipinski definition) is 1. The Morgan fingerprint density at radius 1 is 1.23 bits per heavy atom. The Bertz CT molecular complexity index is 898. The predicted octanol–water partition coefficient (Wildman–Crippen LogP) is 3.70. The van der Waals surface area contributed by atoms with Crippen LogP contribution in [0, 0.1) is 6.92 Å². The number of hydrogen-bond acceptors (Lipinski definition) is 6. The van der Waals surface area contributed by atoms with Crippen LogP contribution in [0.25, 0.3) is 10.8 Å². The van der Waals surface area contributed by atoms with E-state index >= 15 is 0 Å². The predicted molar refractivity (Wildman–Crippen MR) is 97.6 cm³/mol. The van der Waals surface area contributed by atoms with Gasteiger partial charge in [0.05, 0.1) is 10.4 Å². The van der Waals surface area contributed by atoms with Gasteiger partial charge in [0.25, 0.3) is 0 Å². The van der Waals surface area contributed by atoms with E-state index in [4.69, 9.17) is 9.15 Å². The molecule has 0 aliphatic rings. The summed E-state index contributed by atoms with van der Waals surface area (Å²) in [5.41, 5.74) is 1.95. The fraction of sp³-hybridized carbons (Fsp3) is 0.211. The lowest BCUT2D eigenvalue weighted by atomic mass is 10.1. The summed E-state index contributed by atoms with van der Waals surface area (Å²) in [4.78, 5) is 28.4. The molecule has 7 heteroatoms. The second-order valence-electron chi connectivity index (χ2n) is 5.68. The fourth-order valence-corrected chi connectivity index (χ4v) is 2.92. The van der Waals surface area contributed by atoms with E-state index in [-0.39, 0.29) is 12.5 Å². The van der Waals surface area contributed by atoms with Gasteiger partial charge in [-0.05, 0) is 36.1 Å². The first-order chi connectivity index (χ1) is 12.5. The summed E-state index contributed by atoms with van der Waals surface area (Å²) in [7, 11) is 0. The van der Waals surface area contributed by atoms with Crippen molar-refractivity contribution in [3.63, 3.8) is 0 Å². The highest BCUT2D eigenvalue weighted by atomic mass is 32.1. The van der Waals surface area contributed by atoms with Gasteiger partial charge in [-0.2, -0.15) is 0 Å². The van der Waals surface area contributed by atoms with E-state index in [0.29, 0.717) is 29.5 Å². The van der Waals surface area contributed by atoms with Crippen LogP contribution in [-0.4, -0.2) is 16.9 Å². The molecule has 3 aromatic rings. The van der Waals surface area contributed by atoms with Crippen LogP contribution in [0.3, 0.4) is 0 Å². The molecule has 0 unspecified atom stereocenters. The number of rotatable bonds is 6. The van der Waals surface area contributed by atoms with Crippen molar-refractivity contribution in [2.75, 3.05) is 0 Å². The van der Waals surface area contributed by atoms with Gasteiger partial charge < -0.3 is 14.5 Å². The van der Waals surface area contributed by atoms with Crippen molar-refractivity contribution < 1.29 is 18.7 Å². The minimum Gasteiger partial charge on any atom is -0.455 e. The molecule has 0 bridgehead atoms. The summed E-state index contributed by atoms with van der Waals surface area (Å²) in [5, 5.41) is 4.65. The number of amides is 1. The quantitative estimate of drug-likeness (QED) is 0.669. The normalized spacial score (nSPS) is 10.5. The topological polar surface area (TPSA) is 81.4 Å². The van der Waals surface area contributed by atoms with Crippen LogP contribution < -0.4 is 5.32 Å². The molecule has 3 rings (SSSR count). The standard InChI is InChI=1S/C19H18N2O4S/c1-12-16(21-18(25-12)17-4-3-9-26-17)11-24-19(23)15-7-5-14(6-8-15)10-20-13(2)22/h3-9H,10-11H2,1-2H3,(H,20,22). The Morgan fingerprint density at radius 2 is 2.00 bits per heavy atom. The molecule has 1 aromatic carbocycles. The first kappa shape index (κ1) is 17.9. The van der Waals surface area contributed by atoms with Crippen LogP contribution in [0.4, 0.5) is 0 Å². The van der Waals surface area contributed by atoms with Crippen LogP contribution in [-0.2, 0) is 22.7 Å². The van der Waals surface area contributed by atoms with Crippen molar-refractivity contribution in [1.82, 2.24) is 10.3 Å². The van der Waals surface area contributed by atoms with Crippen LogP contribution in [0.5, 0.6) is 0 Å². The maximum atomic E-state index is 12.2. The molecular formula is C19H18N2O4S. The zero-order valence-corrected chi connectivity index (χ0v) is 15.3. The molecular weight excluding hydrogens is 352 g/mol. The monoisotopic (exact) mass is 370 g/mol. The second-order valence-corrected chi connectivity index (χ2v) is 6.63. The number of ether oxygens (including phenoxy) is 1. The van der Waals surface area contributed by atoms with Crippen LogP contribution >= 0.6 is 11.3 Å². The summed E-state index contributed by atoms with van der Waals surface area (Å²) < 4.78 is 11.0. The van der Waals surface area contributed by atoms with Gasteiger partial charge in [-0.15, -0.1) is 11.3 Å².